The molecule has 15 heavy (non-hydrogen) atoms. The van der Waals surface area contributed by atoms with E-state index in [1.54, 1.807) is 0 Å². The fourth-order valence-electron chi connectivity index (χ4n) is 2.26. The molecule has 0 saturated heterocycles. The quantitative estimate of drug-likeness (QED) is 0.666. The molecule has 1 unspecified atom stereocenters. The van der Waals surface area contributed by atoms with Crippen LogP contribution in [0.15, 0.2) is 6.07 Å². The Bertz CT molecular complexity index is 374. The summed E-state index contributed by atoms with van der Waals surface area (Å²) in [6.45, 7) is 4.21. The van der Waals surface area contributed by atoms with Crippen molar-refractivity contribution in [2.24, 2.45) is 5.73 Å². The summed E-state index contributed by atoms with van der Waals surface area (Å²) in [6, 6.07) is 2.57. The van der Waals surface area contributed by atoms with Gasteiger partial charge < -0.3 is 11.5 Å². The Kier molecular flexibility index (Phi) is 3.63. The molecule has 3 heteroatoms. The standard InChI is InChI=1S/C12H18N2.ClH/c1-7-5-9-6-10(13)3-4-11(9)12(14)8(7)2;/h5,10H,3-4,6,13-14H2,1-2H3;1H. The first-order chi connectivity index (χ1) is 6.59. The lowest BCUT2D eigenvalue weighted by Gasteiger charge is -2.24. The van der Waals surface area contributed by atoms with Crippen LogP contribution in [0.1, 0.15) is 28.7 Å². The van der Waals surface area contributed by atoms with E-state index in [1.807, 2.05) is 0 Å². The number of fused-ring (bicyclic) bond motifs is 1. The van der Waals surface area contributed by atoms with Crippen molar-refractivity contribution in [3.63, 3.8) is 0 Å². The van der Waals surface area contributed by atoms with E-state index in [1.165, 1.54) is 22.3 Å². The number of benzene rings is 1. The first kappa shape index (κ1) is 12.3. The van der Waals surface area contributed by atoms with Crippen LogP contribution in [0.2, 0.25) is 0 Å². The Balaban J connectivity index is 0.00000112. The van der Waals surface area contributed by atoms with E-state index in [0.29, 0.717) is 6.04 Å². The highest BCUT2D eigenvalue weighted by atomic mass is 35.5. The average molecular weight is 227 g/mol. The molecule has 4 N–H and O–H groups in total. The third-order valence-corrected chi connectivity index (χ3v) is 3.35. The minimum atomic E-state index is 0. The molecular weight excluding hydrogens is 208 g/mol. The third kappa shape index (κ3) is 2.11. The Morgan fingerprint density at radius 1 is 1.33 bits per heavy atom. The normalized spacial score (nSPS) is 19.3. The first-order valence-corrected chi connectivity index (χ1v) is 5.22. The fourth-order valence-corrected chi connectivity index (χ4v) is 2.26. The molecule has 0 bridgehead atoms. The van der Waals surface area contributed by atoms with Gasteiger partial charge in [-0.05, 0) is 55.4 Å². The summed E-state index contributed by atoms with van der Waals surface area (Å²) in [5, 5.41) is 0. The summed E-state index contributed by atoms with van der Waals surface area (Å²) in [4.78, 5) is 0. The lowest BCUT2D eigenvalue weighted by molar-refractivity contribution is 0.577. The zero-order valence-corrected chi connectivity index (χ0v) is 10.2. The second-order valence-corrected chi connectivity index (χ2v) is 4.37. The van der Waals surface area contributed by atoms with Gasteiger partial charge in [0.15, 0.2) is 0 Å². The van der Waals surface area contributed by atoms with Gasteiger partial charge in [-0.1, -0.05) is 6.07 Å². The van der Waals surface area contributed by atoms with Gasteiger partial charge in [0.2, 0.25) is 0 Å². The number of aryl methyl sites for hydroxylation is 1. The SMILES string of the molecule is Cc1cc2c(c(N)c1C)CCC(N)C2.Cl. The maximum Gasteiger partial charge on any atom is 0.0381 e. The summed E-state index contributed by atoms with van der Waals surface area (Å²) in [7, 11) is 0. The third-order valence-electron chi connectivity index (χ3n) is 3.35. The zero-order chi connectivity index (χ0) is 10.3. The number of anilines is 1. The smallest absolute Gasteiger partial charge is 0.0381 e. The van der Waals surface area contributed by atoms with Gasteiger partial charge >= 0.3 is 0 Å². The highest BCUT2D eigenvalue weighted by Crippen LogP contribution is 2.30. The molecule has 84 valence electrons. The molecule has 0 radical (unpaired) electrons. The predicted molar refractivity (Wildman–Crippen MR) is 67.6 cm³/mol. The molecule has 1 aliphatic rings. The molecule has 0 aliphatic heterocycles. The Morgan fingerprint density at radius 2 is 2.00 bits per heavy atom. The molecule has 1 aromatic carbocycles. The molecule has 0 spiro atoms. The van der Waals surface area contributed by atoms with Gasteiger partial charge in [0.1, 0.15) is 0 Å². The van der Waals surface area contributed by atoms with Crippen molar-refractivity contribution in [2.75, 3.05) is 5.73 Å². The molecule has 0 aromatic heterocycles. The predicted octanol–water partition coefficient (Wildman–Crippen LogP) is 2.12. The minimum absolute atomic E-state index is 0. The average Bonchev–Trinajstić information content (AvgIpc) is 2.14. The summed E-state index contributed by atoms with van der Waals surface area (Å²) >= 11 is 0. The van der Waals surface area contributed by atoms with Crippen LogP contribution < -0.4 is 11.5 Å². The van der Waals surface area contributed by atoms with Gasteiger partial charge in [0.05, 0.1) is 0 Å². The van der Waals surface area contributed by atoms with Crippen molar-refractivity contribution >= 4 is 18.1 Å². The van der Waals surface area contributed by atoms with Gasteiger partial charge in [-0.3, -0.25) is 0 Å². The van der Waals surface area contributed by atoms with E-state index in [9.17, 15) is 0 Å². The van der Waals surface area contributed by atoms with Gasteiger partial charge in [0.25, 0.3) is 0 Å². The van der Waals surface area contributed by atoms with E-state index in [4.69, 9.17) is 11.5 Å². The van der Waals surface area contributed by atoms with Crippen LogP contribution in [0, 0.1) is 13.8 Å². The van der Waals surface area contributed by atoms with E-state index < -0.39 is 0 Å². The molecule has 2 nitrogen and oxygen atoms in total. The Labute approximate surface area is 97.4 Å². The largest absolute Gasteiger partial charge is 0.398 e. The molecule has 0 heterocycles. The summed E-state index contributed by atoms with van der Waals surface area (Å²) in [6.07, 6.45) is 3.10. The van der Waals surface area contributed by atoms with Gasteiger partial charge in [0, 0.05) is 11.7 Å². The lowest BCUT2D eigenvalue weighted by Crippen LogP contribution is -2.28. The van der Waals surface area contributed by atoms with E-state index in [-0.39, 0.29) is 12.4 Å². The van der Waals surface area contributed by atoms with Crippen LogP contribution in [-0.4, -0.2) is 6.04 Å². The van der Waals surface area contributed by atoms with E-state index >= 15 is 0 Å². The Hall–Kier alpha value is -0.730. The van der Waals surface area contributed by atoms with Crippen molar-refractivity contribution in [3.8, 4) is 0 Å². The maximum absolute atomic E-state index is 6.11. The number of hydrogen-bond donors (Lipinski definition) is 2. The highest BCUT2D eigenvalue weighted by molar-refractivity contribution is 5.85. The van der Waals surface area contributed by atoms with Crippen molar-refractivity contribution in [1.29, 1.82) is 0 Å². The van der Waals surface area contributed by atoms with Crippen molar-refractivity contribution in [1.82, 2.24) is 0 Å². The van der Waals surface area contributed by atoms with Crippen LogP contribution in [0.3, 0.4) is 0 Å². The van der Waals surface area contributed by atoms with Gasteiger partial charge in [-0.25, -0.2) is 0 Å². The summed E-state index contributed by atoms with van der Waals surface area (Å²) in [5.74, 6) is 0. The monoisotopic (exact) mass is 226 g/mol. The topological polar surface area (TPSA) is 52.0 Å². The molecule has 2 rings (SSSR count). The number of nitrogen functional groups attached to an aromatic ring is 1. The number of hydrogen-bond acceptors (Lipinski definition) is 2. The molecule has 1 aliphatic carbocycles. The van der Waals surface area contributed by atoms with Crippen LogP contribution >= 0.6 is 12.4 Å². The zero-order valence-electron chi connectivity index (χ0n) is 9.34. The lowest BCUT2D eigenvalue weighted by atomic mass is 9.85. The minimum Gasteiger partial charge on any atom is -0.398 e. The molecule has 0 saturated carbocycles. The number of rotatable bonds is 0. The number of nitrogens with two attached hydrogens (primary N) is 2. The fraction of sp³-hybridized carbons (Fsp3) is 0.500. The van der Waals surface area contributed by atoms with Crippen LogP contribution in [-0.2, 0) is 12.8 Å². The summed E-state index contributed by atoms with van der Waals surface area (Å²) < 4.78 is 0. The Morgan fingerprint density at radius 3 is 2.67 bits per heavy atom. The first-order valence-electron chi connectivity index (χ1n) is 5.22. The van der Waals surface area contributed by atoms with Crippen LogP contribution in [0.5, 0.6) is 0 Å². The van der Waals surface area contributed by atoms with Crippen molar-refractivity contribution in [2.45, 2.75) is 39.2 Å². The number of halogens is 1. The molecule has 0 fully saturated rings. The van der Waals surface area contributed by atoms with Crippen molar-refractivity contribution < 1.29 is 0 Å². The molecule has 1 atom stereocenters. The highest BCUT2D eigenvalue weighted by Gasteiger charge is 2.19. The molecule has 0 amide bonds. The second-order valence-electron chi connectivity index (χ2n) is 4.37. The van der Waals surface area contributed by atoms with Gasteiger partial charge in [-0.2, -0.15) is 0 Å². The van der Waals surface area contributed by atoms with E-state index in [2.05, 4.69) is 19.9 Å². The summed E-state index contributed by atoms with van der Waals surface area (Å²) in [5.41, 5.74) is 18.3. The van der Waals surface area contributed by atoms with Crippen LogP contribution in [0.4, 0.5) is 5.69 Å². The van der Waals surface area contributed by atoms with E-state index in [0.717, 1.165) is 24.9 Å². The molecule has 1 aromatic rings. The van der Waals surface area contributed by atoms with Gasteiger partial charge in [-0.15, -0.1) is 12.4 Å². The van der Waals surface area contributed by atoms with Crippen LogP contribution in [0.25, 0.3) is 0 Å². The van der Waals surface area contributed by atoms with Crippen molar-refractivity contribution in [3.05, 3.63) is 28.3 Å². The maximum atomic E-state index is 6.11. The molecular formula is C12H19ClN2. The second kappa shape index (κ2) is 4.42.